The van der Waals surface area contributed by atoms with Gasteiger partial charge in [0.2, 0.25) is 0 Å². The number of likely N-dealkylation sites (tertiary alicyclic amines) is 1. The van der Waals surface area contributed by atoms with Gasteiger partial charge in [0.15, 0.2) is 0 Å². The van der Waals surface area contributed by atoms with Gasteiger partial charge in [-0.1, -0.05) is 13.8 Å². The van der Waals surface area contributed by atoms with Crippen molar-refractivity contribution in [1.82, 2.24) is 15.1 Å². The average Bonchev–Trinajstić information content (AvgIpc) is 3.22. The molecule has 1 fully saturated rings. The van der Waals surface area contributed by atoms with Crippen LogP contribution in [0.4, 0.5) is 4.79 Å². The summed E-state index contributed by atoms with van der Waals surface area (Å²) >= 11 is 1.69. The Morgan fingerprint density at radius 2 is 2.32 bits per heavy atom. The Labute approximate surface area is 136 Å². The van der Waals surface area contributed by atoms with Crippen molar-refractivity contribution in [2.75, 3.05) is 39.3 Å². The molecule has 2 atom stereocenters. The number of urea groups is 1. The smallest absolute Gasteiger partial charge is 0.317 e. The number of aliphatic hydroxyl groups excluding tert-OH is 1. The Kier molecular flexibility index (Phi) is 6.67. The Bertz CT molecular complexity index is 448. The highest BCUT2D eigenvalue weighted by Crippen LogP contribution is 2.22. The molecule has 1 aromatic rings. The van der Waals surface area contributed by atoms with Crippen LogP contribution in [0, 0.1) is 5.92 Å². The van der Waals surface area contributed by atoms with Crippen LogP contribution in [-0.2, 0) is 0 Å². The summed E-state index contributed by atoms with van der Waals surface area (Å²) < 4.78 is 0. The summed E-state index contributed by atoms with van der Waals surface area (Å²) in [6.07, 6.45) is 0.897. The number of hydrogen-bond acceptors (Lipinski definition) is 4. The highest BCUT2D eigenvalue weighted by atomic mass is 32.1. The maximum atomic E-state index is 12.3. The van der Waals surface area contributed by atoms with E-state index in [2.05, 4.69) is 40.9 Å². The summed E-state index contributed by atoms with van der Waals surface area (Å²) in [5.41, 5.74) is 1.27. The van der Waals surface area contributed by atoms with Gasteiger partial charge in [-0.15, -0.1) is 0 Å². The molecule has 0 aliphatic carbocycles. The number of carbonyl (C=O) groups excluding carboxylic acids is 1. The molecule has 1 saturated heterocycles. The number of hydrogen-bond donors (Lipinski definition) is 2. The minimum absolute atomic E-state index is 0.0108. The summed E-state index contributed by atoms with van der Waals surface area (Å²) in [4.78, 5) is 16.5. The second-order valence-corrected chi connectivity index (χ2v) is 6.54. The lowest BCUT2D eigenvalue weighted by atomic mass is 10.1. The number of aliphatic hydroxyl groups is 1. The van der Waals surface area contributed by atoms with Crippen LogP contribution < -0.4 is 5.32 Å². The molecular weight excluding hydrogens is 298 g/mol. The fourth-order valence-corrected chi connectivity index (χ4v) is 3.76. The number of nitrogens with zero attached hydrogens (tertiary/aromatic N) is 2. The highest BCUT2D eigenvalue weighted by Gasteiger charge is 2.26. The van der Waals surface area contributed by atoms with Crippen LogP contribution in [-0.4, -0.2) is 60.3 Å². The summed E-state index contributed by atoms with van der Waals surface area (Å²) in [7, 11) is 0. The van der Waals surface area contributed by atoms with E-state index in [0.29, 0.717) is 13.1 Å². The lowest BCUT2D eigenvalue weighted by Gasteiger charge is -2.30. The summed E-state index contributed by atoms with van der Waals surface area (Å²) in [6.45, 7) is 8.42. The van der Waals surface area contributed by atoms with Gasteiger partial charge in [0.05, 0.1) is 6.04 Å². The molecule has 1 aromatic heterocycles. The van der Waals surface area contributed by atoms with Gasteiger partial charge in [-0.25, -0.2) is 4.79 Å². The third-order valence-corrected chi connectivity index (χ3v) is 5.16. The zero-order valence-corrected chi connectivity index (χ0v) is 14.3. The molecule has 0 radical (unpaired) electrons. The Morgan fingerprint density at radius 1 is 1.55 bits per heavy atom. The Morgan fingerprint density at radius 3 is 2.86 bits per heavy atom. The maximum absolute atomic E-state index is 12.3. The first-order chi connectivity index (χ1) is 10.7. The van der Waals surface area contributed by atoms with Crippen LogP contribution in [0.3, 0.4) is 0 Å². The van der Waals surface area contributed by atoms with Gasteiger partial charge < -0.3 is 15.3 Å². The lowest BCUT2D eigenvalue weighted by Crippen LogP contribution is -2.43. The molecule has 0 spiro atoms. The number of nitrogens with one attached hydrogen (secondary N) is 1. The second-order valence-electron chi connectivity index (χ2n) is 5.76. The molecule has 2 rings (SSSR count). The van der Waals surface area contributed by atoms with Crippen LogP contribution in [0.1, 0.15) is 31.9 Å². The molecule has 0 aromatic carbocycles. The first-order valence-electron chi connectivity index (χ1n) is 8.09. The number of carbonyl (C=O) groups is 1. The van der Waals surface area contributed by atoms with Crippen molar-refractivity contribution in [3.63, 3.8) is 0 Å². The first-order valence-corrected chi connectivity index (χ1v) is 9.03. The molecule has 2 N–H and O–H groups in total. The fourth-order valence-electron chi connectivity index (χ4n) is 3.05. The van der Waals surface area contributed by atoms with Crippen LogP contribution in [0.15, 0.2) is 16.8 Å². The van der Waals surface area contributed by atoms with Crippen molar-refractivity contribution in [3.8, 4) is 0 Å². The summed E-state index contributed by atoms with van der Waals surface area (Å²) in [5, 5.41) is 16.5. The van der Waals surface area contributed by atoms with E-state index in [1.165, 1.54) is 5.56 Å². The maximum Gasteiger partial charge on any atom is 0.317 e. The Hall–Kier alpha value is -1.11. The summed E-state index contributed by atoms with van der Waals surface area (Å²) in [6, 6.07) is 2.35. The van der Waals surface area contributed by atoms with Crippen molar-refractivity contribution < 1.29 is 9.90 Å². The van der Waals surface area contributed by atoms with Crippen LogP contribution in [0.5, 0.6) is 0 Å². The zero-order chi connectivity index (χ0) is 15.9. The molecule has 1 aliphatic heterocycles. The lowest BCUT2D eigenvalue weighted by molar-refractivity contribution is 0.185. The van der Waals surface area contributed by atoms with Gasteiger partial charge in [0.1, 0.15) is 0 Å². The molecule has 6 heteroatoms. The number of rotatable bonds is 7. The van der Waals surface area contributed by atoms with E-state index in [-0.39, 0.29) is 24.6 Å². The van der Waals surface area contributed by atoms with Crippen LogP contribution in [0.25, 0.3) is 0 Å². The molecule has 22 heavy (non-hydrogen) atoms. The molecule has 2 amide bonds. The third kappa shape index (κ3) is 4.21. The summed E-state index contributed by atoms with van der Waals surface area (Å²) in [5.74, 6) is 0.237. The molecule has 5 nitrogen and oxygen atoms in total. The predicted octanol–water partition coefficient (Wildman–Crippen LogP) is 2.15. The fraction of sp³-hybridized carbons (Fsp3) is 0.688. The topological polar surface area (TPSA) is 55.8 Å². The SMILES string of the molecule is CCN(CC)C(CNC(=O)N1CCC(CO)C1)c1ccsc1. The van der Waals surface area contributed by atoms with Gasteiger partial charge in [-0.3, -0.25) is 4.90 Å². The van der Waals surface area contributed by atoms with Crippen LogP contribution >= 0.6 is 11.3 Å². The minimum Gasteiger partial charge on any atom is -0.396 e. The molecule has 2 heterocycles. The highest BCUT2D eigenvalue weighted by molar-refractivity contribution is 7.07. The van der Waals surface area contributed by atoms with Crippen molar-refractivity contribution in [1.29, 1.82) is 0 Å². The molecule has 0 bridgehead atoms. The molecule has 124 valence electrons. The van der Waals surface area contributed by atoms with Gasteiger partial charge >= 0.3 is 6.03 Å². The van der Waals surface area contributed by atoms with E-state index in [0.717, 1.165) is 26.1 Å². The predicted molar refractivity (Wildman–Crippen MR) is 90.1 cm³/mol. The number of amides is 2. The third-order valence-electron chi connectivity index (χ3n) is 4.46. The van der Waals surface area contributed by atoms with E-state index in [9.17, 15) is 9.90 Å². The molecule has 1 aliphatic rings. The van der Waals surface area contributed by atoms with E-state index < -0.39 is 0 Å². The van der Waals surface area contributed by atoms with Crippen molar-refractivity contribution in [2.45, 2.75) is 26.3 Å². The number of likely N-dealkylation sites (N-methyl/N-ethyl adjacent to an activating group) is 1. The van der Waals surface area contributed by atoms with Crippen molar-refractivity contribution in [2.24, 2.45) is 5.92 Å². The van der Waals surface area contributed by atoms with Gasteiger partial charge in [-0.05, 0) is 41.9 Å². The molecular formula is C16H27N3O2S. The standard InChI is InChI=1S/C16H27N3O2S/c1-3-18(4-2)15(14-6-8-22-12-14)9-17-16(21)19-7-5-13(10-19)11-20/h6,8,12-13,15,20H,3-5,7,9-11H2,1-2H3,(H,17,21). The van der Waals surface area contributed by atoms with Crippen molar-refractivity contribution in [3.05, 3.63) is 22.4 Å². The number of thiophene rings is 1. The van der Waals surface area contributed by atoms with E-state index in [1.807, 2.05) is 4.90 Å². The van der Waals surface area contributed by atoms with Gasteiger partial charge in [0, 0.05) is 32.2 Å². The van der Waals surface area contributed by atoms with Gasteiger partial charge in [0.25, 0.3) is 0 Å². The van der Waals surface area contributed by atoms with Gasteiger partial charge in [-0.2, -0.15) is 11.3 Å². The van der Waals surface area contributed by atoms with E-state index >= 15 is 0 Å². The first kappa shape index (κ1) is 17.2. The van der Waals surface area contributed by atoms with E-state index in [1.54, 1.807) is 11.3 Å². The van der Waals surface area contributed by atoms with Crippen LogP contribution in [0.2, 0.25) is 0 Å². The van der Waals surface area contributed by atoms with Crippen molar-refractivity contribution >= 4 is 17.4 Å². The Balaban J connectivity index is 1.92. The zero-order valence-electron chi connectivity index (χ0n) is 13.5. The molecule has 0 saturated carbocycles. The second kappa shape index (κ2) is 8.50. The monoisotopic (exact) mass is 325 g/mol. The average molecular weight is 325 g/mol. The van der Waals surface area contributed by atoms with E-state index in [4.69, 9.17) is 0 Å². The normalized spacial score (nSPS) is 19.6. The minimum atomic E-state index is -0.0108. The quantitative estimate of drug-likeness (QED) is 0.808. The largest absolute Gasteiger partial charge is 0.396 e. The molecule has 2 unspecified atom stereocenters.